The lowest BCUT2D eigenvalue weighted by Gasteiger charge is -2.14. The van der Waals surface area contributed by atoms with Gasteiger partial charge in [-0.05, 0) is 53.0 Å². The maximum absolute atomic E-state index is 4.49. The lowest BCUT2D eigenvalue weighted by molar-refractivity contribution is 0.577. The van der Waals surface area contributed by atoms with Crippen molar-refractivity contribution in [2.45, 2.75) is 19.4 Å². The minimum Gasteiger partial charge on any atom is -0.310 e. The SMILES string of the molecule is CC(NCCc1ccc(Br)s1)c1ccc(-n2ccnc2)nc1. The zero-order valence-corrected chi connectivity index (χ0v) is 14.6. The number of aromatic nitrogens is 3. The molecule has 0 aliphatic carbocycles. The van der Waals surface area contributed by atoms with Crippen LogP contribution in [0.4, 0.5) is 0 Å². The molecule has 0 saturated heterocycles. The van der Waals surface area contributed by atoms with E-state index in [-0.39, 0.29) is 6.04 Å². The lowest BCUT2D eigenvalue weighted by atomic mass is 10.1. The topological polar surface area (TPSA) is 42.7 Å². The summed E-state index contributed by atoms with van der Waals surface area (Å²) in [7, 11) is 0. The van der Waals surface area contributed by atoms with E-state index in [2.05, 4.69) is 56.3 Å². The molecule has 6 heteroatoms. The van der Waals surface area contributed by atoms with Crippen LogP contribution in [-0.4, -0.2) is 21.1 Å². The van der Waals surface area contributed by atoms with Crippen LogP contribution in [0.25, 0.3) is 5.82 Å². The van der Waals surface area contributed by atoms with Crippen molar-refractivity contribution < 1.29 is 0 Å². The molecular weight excluding hydrogens is 360 g/mol. The van der Waals surface area contributed by atoms with Crippen LogP contribution in [0.2, 0.25) is 0 Å². The number of pyridine rings is 1. The van der Waals surface area contributed by atoms with Gasteiger partial charge in [-0.2, -0.15) is 0 Å². The highest BCUT2D eigenvalue weighted by Crippen LogP contribution is 2.22. The Labute approximate surface area is 142 Å². The fourth-order valence-corrected chi connectivity index (χ4v) is 3.70. The van der Waals surface area contributed by atoms with Crippen molar-refractivity contribution in [2.24, 2.45) is 0 Å². The number of hydrogen-bond donors (Lipinski definition) is 1. The predicted molar refractivity (Wildman–Crippen MR) is 93.5 cm³/mol. The van der Waals surface area contributed by atoms with E-state index in [9.17, 15) is 0 Å². The Hall–Kier alpha value is -1.50. The first-order valence-electron chi connectivity index (χ1n) is 7.14. The average Bonchev–Trinajstić information content (AvgIpc) is 3.19. The van der Waals surface area contributed by atoms with Gasteiger partial charge in [0.15, 0.2) is 0 Å². The summed E-state index contributed by atoms with van der Waals surface area (Å²) < 4.78 is 3.09. The lowest BCUT2D eigenvalue weighted by Crippen LogP contribution is -2.21. The molecule has 4 nitrogen and oxygen atoms in total. The summed E-state index contributed by atoms with van der Waals surface area (Å²) in [5.41, 5.74) is 1.19. The van der Waals surface area contributed by atoms with Gasteiger partial charge in [0.2, 0.25) is 0 Å². The molecule has 0 radical (unpaired) electrons. The molecule has 1 atom stereocenters. The van der Waals surface area contributed by atoms with E-state index < -0.39 is 0 Å². The van der Waals surface area contributed by atoms with Crippen LogP contribution in [0.3, 0.4) is 0 Å². The van der Waals surface area contributed by atoms with Gasteiger partial charge in [0.05, 0.1) is 3.79 Å². The molecule has 0 amide bonds. The first kappa shape index (κ1) is 15.4. The summed E-state index contributed by atoms with van der Waals surface area (Å²) in [5.74, 6) is 0.886. The number of nitrogens with zero attached hydrogens (tertiary/aromatic N) is 3. The van der Waals surface area contributed by atoms with Crippen LogP contribution in [0, 0.1) is 0 Å². The predicted octanol–water partition coefficient (Wildman–Crippen LogP) is 3.98. The molecule has 114 valence electrons. The zero-order valence-electron chi connectivity index (χ0n) is 12.2. The van der Waals surface area contributed by atoms with Crippen molar-refractivity contribution >= 4 is 27.3 Å². The fourth-order valence-electron chi connectivity index (χ4n) is 2.22. The molecule has 0 aromatic carbocycles. The molecule has 0 aliphatic rings. The summed E-state index contributed by atoms with van der Waals surface area (Å²) in [6.07, 6.45) is 8.37. The van der Waals surface area contributed by atoms with E-state index in [1.807, 2.05) is 23.0 Å². The molecule has 3 rings (SSSR count). The highest BCUT2D eigenvalue weighted by atomic mass is 79.9. The normalized spacial score (nSPS) is 12.5. The van der Waals surface area contributed by atoms with Gasteiger partial charge >= 0.3 is 0 Å². The Morgan fingerprint density at radius 3 is 2.86 bits per heavy atom. The number of halogens is 1. The van der Waals surface area contributed by atoms with Crippen molar-refractivity contribution in [1.29, 1.82) is 0 Å². The molecule has 0 saturated carbocycles. The highest BCUT2D eigenvalue weighted by molar-refractivity contribution is 9.11. The molecule has 3 heterocycles. The van der Waals surface area contributed by atoms with E-state index in [4.69, 9.17) is 0 Å². The zero-order chi connectivity index (χ0) is 15.4. The van der Waals surface area contributed by atoms with E-state index in [1.165, 1.54) is 14.2 Å². The number of hydrogen-bond acceptors (Lipinski definition) is 4. The third kappa shape index (κ3) is 3.82. The van der Waals surface area contributed by atoms with E-state index in [0.717, 1.165) is 18.8 Å². The monoisotopic (exact) mass is 376 g/mol. The average molecular weight is 377 g/mol. The number of thiophene rings is 1. The number of imidazole rings is 1. The smallest absolute Gasteiger partial charge is 0.137 e. The maximum Gasteiger partial charge on any atom is 0.137 e. The van der Waals surface area contributed by atoms with Gasteiger partial charge in [-0.3, -0.25) is 4.57 Å². The van der Waals surface area contributed by atoms with Crippen molar-refractivity contribution in [2.75, 3.05) is 6.54 Å². The third-order valence-electron chi connectivity index (χ3n) is 3.49. The van der Waals surface area contributed by atoms with E-state index in [0.29, 0.717) is 0 Å². The van der Waals surface area contributed by atoms with Gasteiger partial charge in [-0.1, -0.05) is 6.07 Å². The third-order valence-corrected chi connectivity index (χ3v) is 5.17. The van der Waals surface area contributed by atoms with Gasteiger partial charge < -0.3 is 5.32 Å². The summed E-state index contributed by atoms with van der Waals surface area (Å²) in [5, 5.41) is 3.54. The first-order chi connectivity index (χ1) is 10.7. The van der Waals surface area contributed by atoms with Crippen LogP contribution < -0.4 is 5.32 Å². The Morgan fingerprint density at radius 2 is 2.23 bits per heavy atom. The maximum atomic E-state index is 4.49. The molecule has 0 aliphatic heterocycles. The minimum absolute atomic E-state index is 0.285. The van der Waals surface area contributed by atoms with Crippen LogP contribution in [0.5, 0.6) is 0 Å². The number of nitrogens with one attached hydrogen (secondary N) is 1. The second-order valence-electron chi connectivity index (χ2n) is 5.05. The van der Waals surface area contributed by atoms with Gasteiger partial charge in [-0.15, -0.1) is 11.3 Å². The molecule has 0 fully saturated rings. The van der Waals surface area contributed by atoms with E-state index >= 15 is 0 Å². The Kier molecular flexibility index (Phi) is 5.02. The van der Waals surface area contributed by atoms with E-state index in [1.54, 1.807) is 23.9 Å². The standard InChI is InChI=1S/C16H17BrN4S/c1-12(19-7-6-14-3-4-15(17)22-14)13-2-5-16(20-10-13)21-9-8-18-11-21/h2-5,8-12,19H,6-7H2,1H3. The summed E-state index contributed by atoms with van der Waals surface area (Å²) in [6.45, 7) is 3.12. The van der Waals surface area contributed by atoms with Crippen molar-refractivity contribution in [3.05, 3.63) is 63.4 Å². The van der Waals surface area contributed by atoms with Crippen molar-refractivity contribution in [1.82, 2.24) is 19.9 Å². The Bertz CT molecular complexity index is 706. The molecular formula is C16H17BrN4S. The summed E-state index contributed by atoms with van der Waals surface area (Å²) >= 11 is 5.29. The Morgan fingerprint density at radius 1 is 1.32 bits per heavy atom. The van der Waals surface area contributed by atoms with Gasteiger partial charge in [-0.25, -0.2) is 9.97 Å². The van der Waals surface area contributed by atoms with Gasteiger partial charge in [0, 0.05) is 36.1 Å². The van der Waals surface area contributed by atoms with Crippen molar-refractivity contribution in [3.63, 3.8) is 0 Å². The molecule has 0 spiro atoms. The van der Waals surface area contributed by atoms with Crippen LogP contribution in [0.15, 0.2) is 53.0 Å². The Balaban J connectivity index is 1.54. The van der Waals surface area contributed by atoms with Crippen LogP contribution >= 0.6 is 27.3 Å². The molecule has 3 aromatic heterocycles. The quantitative estimate of drug-likeness (QED) is 0.707. The molecule has 3 aromatic rings. The second-order valence-corrected chi connectivity index (χ2v) is 7.60. The number of rotatable bonds is 6. The second kappa shape index (κ2) is 7.17. The van der Waals surface area contributed by atoms with Gasteiger partial charge in [0.25, 0.3) is 0 Å². The molecule has 22 heavy (non-hydrogen) atoms. The van der Waals surface area contributed by atoms with Crippen LogP contribution in [-0.2, 0) is 6.42 Å². The fraction of sp³-hybridized carbons (Fsp3) is 0.250. The first-order valence-corrected chi connectivity index (χ1v) is 8.75. The highest BCUT2D eigenvalue weighted by Gasteiger charge is 2.06. The van der Waals surface area contributed by atoms with Crippen molar-refractivity contribution in [3.8, 4) is 5.82 Å². The van der Waals surface area contributed by atoms with Crippen LogP contribution in [0.1, 0.15) is 23.4 Å². The largest absolute Gasteiger partial charge is 0.310 e. The molecule has 1 N–H and O–H groups in total. The van der Waals surface area contributed by atoms with Gasteiger partial charge in [0.1, 0.15) is 12.1 Å². The molecule has 0 bridgehead atoms. The summed E-state index contributed by atoms with van der Waals surface area (Å²) in [6, 6.07) is 8.69. The molecule has 1 unspecified atom stereocenters. The minimum atomic E-state index is 0.285. The summed E-state index contributed by atoms with van der Waals surface area (Å²) in [4.78, 5) is 9.92.